The summed E-state index contributed by atoms with van der Waals surface area (Å²) in [5.74, 6) is 0. The maximum Gasteiger partial charge on any atom is 0.109 e. The summed E-state index contributed by atoms with van der Waals surface area (Å²) in [4.78, 5) is 0. The molecule has 2 aliphatic carbocycles. The van der Waals surface area contributed by atoms with Crippen molar-refractivity contribution in [1.29, 1.82) is 0 Å². The summed E-state index contributed by atoms with van der Waals surface area (Å²) in [6.07, 6.45) is 32.0. The predicted octanol–water partition coefficient (Wildman–Crippen LogP) is 9.52. The zero-order valence-electron chi connectivity index (χ0n) is 28.3. The van der Waals surface area contributed by atoms with E-state index in [1.54, 1.807) is 6.08 Å². The van der Waals surface area contributed by atoms with Crippen LogP contribution in [0.25, 0.3) is 0 Å². The second kappa shape index (κ2) is 15.7. The molecule has 0 fully saturated rings. The van der Waals surface area contributed by atoms with Gasteiger partial charge in [0.1, 0.15) is 5.60 Å². The molecule has 0 aromatic carbocycles. The summed E-state index contributed by atoms with van der Waals surface area (Å²) >= 11 is 0. The highest BCUT2D eigenvalue weighted by molar-refractivity contribution is 5.39. The van der Waals surface area contributed by atoms with E-state index in [1.807, 2.05) is 64.2 Å². The molecule has 0 aromatic heterocycles. The second-order valence-corrected chi connectivity index (χ2v) is 13.8. The Morgan fingerprint density at radius 1 is 0.721 bits per heavy atom. The summed E-state index contributed by atoms with van der Waals surface area (Å²) < 4.78 is 0. The van der Waals surface area contributed by atoms with E-state index in [0.29, 0.717) is 6.42 Å². The zero-order chi connectivity index (χ0) is 32.4. The third kappa shape index (κ3) is 10.9. The number of rotatable bonds is 10. The Morgan fingerprint density at radius 2 is 1.21 bits per heavy atom. The van der Waals surface area contributed by atoms with Crippen molar-refractivity contribution in [2.45, 2.75) is 106 Å². The predicted molar refractivity (Wildman–Crippen MR) is 186 cm³/mol. The highest BCUT2D eigenvalue weighted by atomic mass is 16.3. The number of allylic oxidation sites excluding steroid dienone is 18. The number of hydrogen-bond acceptors (Lipinski definition) is 3. The largest absolute Gasteiger partial charge is 0.393 e. The van der Waals surface area contributed by atoms with Crippen molar-refractivity contribution in [2.75, 3.05) is 0 Å². The second-order valence-electron chi connectivity index (χ2n) is 13.8. The maximum absolute atomic E-state index is 11.3. The van der Waals surface area contributed by atoms with E-state index in [-0.39, 0.29) is 11.5 Å². The fraction of sp³-hybridized carbons (Fsp3) is 0.450. The standard InChI is InChI=1S/C40H56O3/c1-29(17-13-19-31(3)21-22-37-33(5)25-35(41)27-38(37,7)8)15-11-12-16-30(2)18-14-20-32(4)23-24-40(43)34(6)26-36(42)28-39(40,9)10/h11-24,26,35-36,41-43H,25,27-28H2,1-10H3/t35-,36-,40+/m1/s1. The lowest BCUT2D eigenvalue weighted by Gasteiger charge is -2.46. The van der Waals surface area contributed by atoms with Crippen LogP contribution < -0.4 is 0 Å². The van der Waals surface area contributed by atoms with Gasteiger partial charge in [-0.25, -0.2) is 0 Å². The van der Waals surface area contributed by atoms with Crippen molar-refractivity contribution in [1.82, 2.24) is 0 Å². The third-order valence-corrected chi connectivity index (χ3v) is 8.64. The van der Waals surface area contributed by atoms with Gasteiger partial charge < -0.3 is 15.3 Å². The summed E-state index contributed by atoms with van der Waals surface area (Å²) in [7, 11) is 0. The van der Waals surface area contributed by atoms with Gasteiger partial charge in [0, 0.05) is 5.41 Å². The van der Waals surface area contributed by atoms with E-state index in [2.05, 4.69) is 90.2 Å². The molecule has 3 atom stereocenters. The van der Waals surface area contributed by atoms with E-state index >= 15 is 0 Å². The Kier molecular flexibility index (Phi) is 13.2. The Morgan fingerprint density at radius 3 is 1.72 bits per heavy atom. The molecule has 3 heteroatoms. The molecule has 3 N–H and O–H groups in total. The fourth-order valence-electron chi connectivity index (χ4n) is 6.03. The fourth-order valence-corrected chi connectivity index (χ4v) is 6.03. The van der Waals surface area contributed by atoms with Crippen molar-refractivity contribution < 1.29 is 15.3 Å². The summed E-state index contributed by atoms with van der Waals surface area (Å²) in [5.41, 5.74) is 6.41. The van der Waals surface area contributed by atoms with Crippen LogP contribution in [0.15, 0.2) is 130 Å². The summed E-state index contributed by atoms with van der Waals surface area (Å²) in [5, 5.41) is 31.5. The molecule has 0 amide bonds. The quantitative estimate of drug-likeness (QED) is 0.177. The van der Waals surface area contributed by atoms with Crippen LogP contribution in [-0.4, -0.2) is 33.1 Å². The van der Waals surface area contributed by atoms with E-state index in [4.69, 9.17) is 0 Å². The summed E-state index contributed by atoms with van der Waals surface area (Å²) in [6, 6.07) is 0. The van der Waals surface area contributed by atoms with E-state index in [0.717, 1.165) is 29.6 Å². The minimum absolute atomic E-state index is 0.00435. The molecular formula is C40H56O3. The summed E-state index contributed by atoms with van der Waals surface area (Å²) in [6.45, 7) is 20.7. The minimum atomic E-state index is -1.08. The Bertz CT molecular complexity index is 1330. The lowest BCUT2D eigenvalue weighted by atomic mass is 9.64. The molecule has 0 saturated heterocycles. The van der Waals surface area contributed by atoms with Gasteiger partial charge in [-0.2, -0.15) is 0 Å². The smallest absolute Gasteiger partial charge is 0.109 e. The maximum atomic E-state index is 11.3. The average Bonchev–Trinajstić information content (AvgIpc) is 2.87. The zero-order valence-corrected chi connectivity index (χ0v) is 28.3. The van der Waals surface area contributed by atoms with Gasteiger partial charge in [0.15, 0.2) is 0 Å². The van der Waals surface area contributed by atoms with Gasteiger partial charge in [-0.1, -0.05) is 141 Å². The van der Waals surface area contributed by atoms with Gasteiger partial charge in [-0.05, 0) is 83.4 Å². The molecule has 0 saturated carbocycles. The number of hydrogen-bond donors (Lipinski definition) is 3. The molecule has 0 radical (unpaired) electrons. The Balaban J connectivity index is 1.93. The van der Waals surface area contributed by atoms with Crippen LogP contribution in [0.1, 0.15) is 88.5 Å². The van der Waals surface area contributed by atoms with Gasteiger partial charge in [0.2, 0.25) is 0 Å². The SMILES string of the molecule is CC(C=CC=C(C)C=CC1=C(C)C[C@@H](O)CC1(C)C)=CC=CC=C(C)C=CC=C(C)C=C[C@]1(O)C(C)=C[C@@H](O)CC1(C)C. The van der Waals surface area contributed by atoms with E-state index in [1.165, 1.54) is 22.3 Å². The molecule has 234 valence electrons. The Labute approximate surface area is 262 Å². The minimum Gasteiger partial charge on any atom is -0.393 e. The van der Waals surface area contributed by atoms with Crippen molar-refractivity contribution in [2.24, 2.45) is 10.8 Å². The first-order valence-corrected chi connectivity index (χ1v) is 15.5. The van der Waals surface area contributed by atoms with Gasteiger partial charge in [-0.3, -0.25) is 0 Å². The van der Waals surface area contributed by atoms with Crippen molar-refractivity contribution >= 4 is 0 Å². The van der Waals surface area contributed by atoms with Crippen molar-refractivity contribution in [3.63, 3.8) is 0 Å². The number of aliphatic hydroxyl groups is 3. The van der Waals surface area contributed by atoms with Crippen LogP contribution in [0.3, 0.4) is 0 Å². The molecule has 0 heterocycles. The molecule has 43 heavy (non-hydrogen) atoms. The van der Waals surface area contributed by atoms with Crippen LogP contribution >= 0.6 is 0 Å². The average molecular weight is 585 g/mol. The van der Waals surface area contributed by atoms with Crippen LogP contribution in [-0.2, 0) is 0 Å². The molecule has 2 aliphatic rings. The van der Waals surface area contributed by atoms with Crippen molar-refractivity contribution in [3.05, 3.63) is 130 Å². The lowest BCUT2D eigenvalue weighted by molar-refractivity contribution is -0.0292. The molecule has 3 nitrogen and oxygen atoms in total. The van der Waals surface area contributed by atoms with Gasteiger partial charge in [0.05, 0.1) is 12.2 Å². The molecule has 0 aromatic rings. The van der Waals surface area contributed by atoms with Crippen LogP contribution in [0.4, 0.5) is 0 Å². The molecular weight excluding hydrogens is 528 g/mol. The molecule has 0 aliphatic heterocycles. The number of aliphatic hydroxyl groups excluding tert-OH is 2. The monoisotopic (exact) mass is 584 g/mol. The molecule has 2 rings (SSSR count). The van der Waals surface area contributed by atoms with Crippen LogP contribution in [0.2, 0.25) is 0 Å². The third-order valence-electron chi connectivity index (χ3n) is 8.64. The van der Waals surface area contributed by atoms with Gasteiger partial charge >= 0.3 is 0 Å². The first-order valence-electron chi connectivity index (χ1n) is 15.5. The first-order chi connectivity index (χ1) is 20.0. The van der Waals surface area contributed by atoms with Gasteiger partial charge in [0.25, 0.3) is 0 Å². The highest BCUT2D eigenvalue weighted by Crippen LogP contribution is 2.45. The Hall–Kier alpha value is -2.98. The first kappa shape index (κ1) is 36.2. The lowest BCUT2D eigenvalue weighted by Crippen LogP contribution is -2.48. The van der Waals surface area contributed by atoms with Crippen LogP contribution in [0.5, 0.6) is 0 Å². The molecule has 0 spiro atoms. The molecule has 0 unspecified atom stereocenters. The normalized spacial score (nSPS) is 28.0. The van der Waals surface area contributed by atoms with Gasteiger partial charge in [-0.15, -0.1) is 0 Å². The van der Waals surface area contributed by atoms with E-state index < -0.39 is 17.1 Å². The van der Waals surface area contributed by atoms with Crippen molar-refractivity contribution in [3.8, 4) is 0 Å². The highest BCUT2D eigenvalue weighted by Gasteiger charge is 2.46. The topological polar surface area (TPSA) is 60.7 Å². The molecule has 0 bridgehead atoms. The van der Waals surface area contributed by atoms with E-state index in [9.17, 15) is 15.3 Å². The van der Waals surface area contributed by atoms with Crippen LogP contribution in [0, 0.1) is 10.8 Å².